The normalized spacial score (nSPS) is 12.6. The Morgan fingerprint density at radius 2 is 2.05 bits per heavy atom. The summed E-state index contributed by atoms with van der Waals surface area (Å²) in [6.45, 7) is 12.3. The molecule has 2 N–H and O–H groups in total. The monoisotopic (exact) mass is 265 g/mol. The number of hydrogen-bond acceptors (Lipinski definition) is 2. The molecule has 0 atom stereocenters. The van der Waals surface area contributed by atoms with E-state index in [-0.39, 0.29) is 5.54 Å². The molecule has 19 heavy (non-hydrogen) atoms. The third-order valence-electron chi connectivity index (χ3n) is 2.66. The van der Waals surface area contributed by atoms with Crippen LogP contribution in [-0.2, 0) is 6.54 Å². The summed E-state index contributed by atoms with van der Waals surface area (Å²) in [5.41, 5.74) is 2.32. The lowest BCUT2D eigenvalue weighted by Crippen LogP contribution is -2.47. The molecule has 0 saturated heterocycles. The third kappa shape index (κ3) is 5.77. The fraction of sp³-hybridized carbons (Fsp3) is 0.714. The lowest BCUT2D eigenvalue weighted by Gasteiger charge is -2.23. The van der Waals surface area contributed by atoms with Gasteiger partial charge in [0.1, 0.15) is 0 Å². The van der Waals surface area contributed by atoms with Gasteiger partial charge in [0.25, 0.3) is 0 Å². The van der Waals surface area contributed by atoms with Crippen molar-refractivity contribution >= 4 is 5.96 Å². The van der Waals surface area contributed by atoms with Gasteiger partial charge in [-0.2, -0.15) is 5.10 Å². The van der Waals surface area contributed by atoms with Crippen LogP contribution in [0.2, 0.25) is 0 Å². The SMILES string of the molecule is CN=C(NCCCn1nc(C)cc1C)NC(C)(C)C. The molecule has 0 aliphatic rings. The number of aryl methyl sites for hydroxylation is 3. The highest BCUT2D eigenvalue weighted by Gasteiger charge is 2.11. The molecule has 1 aromatic heterocycles. The molecule has 1 rings (SSSR count). The molecule has 0 aliphatic carbocycles. The predicted molar refractivity (Wildman–Crippen MR) is 80.6 cm³/mol. The van der Waals surface area contributed by atoms with Crippen LogP contribution < -0.4 is 10.6 Å². The number of hydrogen-bond donors (Lipinski definition) is 2. The second-order valence-corrected chi connectivity index (χ2v) is 5.88. The first-order chi connectivity index (χ1) is 8.81. The molecule has 0 saturated carbocycles. The summed E-state index contributed by atoms with van der Waals surface area (Å²) in [5, 5.41) is 11.1. The molecular weight excluding hydrogens is 238 g/mol. The zero-order valence-electron chi connectivity index (χ0n) is 13.0. The highest BCUT2D eigenvalue weighted by Crippen LogP contribution is 2.02. The summed E-state index contributed by atoms with van der Waals surface area (Å²) in [7, 11) is 1.79. The molecule has 0 spiro atoms. The molecule has 108 valence electrons. The molecule has 0 fully saturated rings. The standard InChI is InChI=1S/C14H27N5/c1-11-10-12(2)19(18-11)9-7-8-16-13(15-6)17-14(3,4)5/h10H,7-9H2,1-6H3,(H2,15,16,17). The third-order valence-corrected chi connectivity index (χ3v) is 2.66. The van der Waals surface area contributed by atoms with E-state index in [1.165, 1.54) is 5.69 Å². The van der Waals surface area contributed by atoms with E-state index in [1.54, 1.807) is 7.05 Å². The molecule has 0 aliphatic heterocycles. The van der Waals surface area contributed by atoms with E-state index in [0.29, 0.717) is 0 Å². The Morgan fingerprint density at radius 1 is 1.37 bits per heavy atom. The van der Waals surface area contributed by atoms with Crippen molar-refractivity contribution in [3.8, 4) is 0 Å². The molecule has 5 nitrogen and oxygen atoms in total. The second kappa shape index (κ2) is 6.59. The minimum absolute atomic E-state index is 0.0253. The number of nitrogens with zero attached hydrogens (tertiary/aromatic N) is 3. The van der Waals surface area contributed by atoms with Crippen molar-refractivity contribution in [2.75, 3.05) is 13.6 Å². The Labute approximate surface area is 116 Å². The van der Waals surface area contributed by atoms with E-state index < -0.39 is 0 Å². The highest BCUT2D eigenvalue weighted by molar-refractivity contribution is 5.80. The second-order valence-electron chi connectivity index (χ2n) is 5.88. The molecule has 0 radical (unpaired) electrons. The van der Waals surface area contributed by atoms with Crippen molar-refractivity contribution in [1.29, 1.82) is 0 Å². The first-order valence-corrected chi connectivity index (χ1v) is 6.82. The zero-order valence-corrected chi connectivity index (χ0v) is 13.0. The van der Waals surface area contributed by atoms with Crippen molar-refractivity contribution in [2.24, 2.45) is 4.99 Å². The summed E-state index contributed by atoms with van der Waals surface area (Å²) < 4.78 is 2.05. The van der Waals surface area contributed by atoms with Crippen LogP contribution in [-0.4, -0.2) is 34.9 Å². The molecular formula is C14H27N5. The van der Waals surface area contributed by atoms with Crippen molar-refractivity contribution < 1.29 is 0 Å². The molecule has 0 unspecified atom stereocenters. The maximum atomic E-state index is 4.45. The van der Waals surface area contributed by atoms with Crippen LogP contribution >= 0.6 is 0 Å². The van der Waals surface area contributed by atoms with Crippen LogP contribution in [0.25, 0.3) is 0 Å². The average Bonchev–Trinajstić information content (AvgIpc) is 2.60. The summed E-state index contributed by atoms with van der Waals surface area (Å²) >= 11 is 0. The zero-order chi connectivity index (χ0) is 14.5. The number of aliphatic imine (C=N–C) groups is 1. The number of guanidine groups is 1. The van der Waals surface area contributed by atoms with E-state index >= 15 is 0 Å². The van der Waals surface area contributed by atoms with Crippen molar-refractivity contribution in [1.82, 2.24) is 20.4 Å². The Kier molecular flexibility index (Phi) is 5.39. The van der Waals surface area contributed by atoms with Gasteiger partial charge < -0.3 is 10.6 Å². The van der Waals surface area contributed by atoms with Crippen LogP contribution in [0, 0.1) is 13.8 Å². The quantitative estimate of drug-likeness (QED) is 0.496. The maximum Gasteiger partial charge on any atom is 0.191 e. The van der Waals surface area contributed by atoms with Gasteiger partial charge >= 0.3 is 0 Å². The van der Waals surface area contributed by atoms with Crippen molar-refractivity contribution in [2.45, 2.75) is 53.1 Å². The fourth-order valence-electron chi connectivity index (χ4n) is 1.87. The minimum atomic E-state index is 0.0253. The van der Waals surface area contributed by atoms with Gasteiger partial charge in [-0.1, -0.05) is 0 Å². The topological polar surface area (TPSA) is 54.2 Å². The lowest BCUT2D eigenvalue weighted by atomic mass is 10.1. The predicted octanol–water partition coefficient (Wildman–Crippen LogP) is 1.85. The number of rotatable bonds is 4. The van der Waals surface area contributed by atoms with Gasteiger partial charge in [0, 0.05) is 31.4 Å². The fourth-order valence-corrected chi connectivity index (χ4v) is 1.87. The first-order valence-electron chi connectivity index (χ1n) is 6.82. The first kappa shape index (κ1) is 15.5. The van der Waals surface area contributed by atoms with Gasteiger partial charge in [-0.3, -0.25) is 9.67 Å². The molecule has 0 amide bonds. The van der Waals surface area contributed by atoms with Crippen molar-refractivity contribution in [3.63, 3.8) is 0 Å². The van der Waals surface area contributed by atoms with E-state index in [4.69, 9.17) is 0 Å². The summed E-state index contributed by atoms with van der Waals surface area (Å²) in [6, 6.07) is 2.10. The van der Waals surface area contributed by atoms with Crippen LogP contribution in [0.1, 0.15) is 38.6 Å². The van der Waals surface area contributed by atoms with Crippen LogP contribution in [0.5, 0.6) is 0 Å². The summed E-state index contributed by atoms with van der Waals surface area (Å²) in [4.78, 5) is 4.21. The van der Waals surface area contributed by atoms with Gasteiger partial charge in [0.05, 0.1) is 5.69 Å². The largest absolute Gasteiger partial charge is 0.356 e. The van der Waals surface area contributed by atoms with Crippen molar-refractivity contribution in [3.05, 3.63) is 17.5 Å². The maximum absolute atomic E-state index is 4.45. The minimum Gasteiger partial charge on any atom is -0.356 e. The molecule has 1 aromatic rings. The highest BCUT2D eigenvalue weighted by atomic mass is 15.3. The Hall–Kier alpha value is -1.52. The Bertz CT molecular complexity index is 426. The summed E-state index contributed by atoms with van der Waals surface area (Å²) in [6.07, 6.45) is 1.02. The number of aromatic nitrogens is 2. The molecule has 5 heteroatoms. The average molecular weight is 265 g/mol. The van der Waals surface area contributed by atoms with Crippen LogP contribution in [0.3, 0.4) is 0 Å². The smallest absolute Gasteiger partial charge is 0.191 e. The lowest BCUT2D eigenvalue weighted by molar-refractivity contribution is 0.496. The Morgan fingerprint density at radius 3 is 2.53 bits per heavy atom. The molecule has 0 bridgehead atoms. The van der Waals surface area contributed by atoms with Crippen LogP contribution in [0.4, 0.5) is 0 Å². The molecule has 1 heterocycles. The van der Waals surface area contributed by atoms with Gasteiger partial charge in [0.2, 0.25) is 0 Å². The van der Waals surface area contributed by atoms with Gasteiger partial charge in [-0.15, -0.1) is 0 Å². The summed E-state index contributed by atoms with van der Waals surface area (Å²) in [5.74, 6) is 0.848. The van der Waals surface area contributed by atoms with Gasteiger partial charge in [0.15, 0.2) is 5.96 Å². The van der Waals surface area contributed by atoms with E-state index in [9.17, 15) is 0 Å². The van der Waals surface area contributed by atoms with Crippen LogP contribution in [0.15, 0.2) is 11.1 Å². The van der Waals surface area contributed by atoms with Gasteiger partial charge in [-0.25, -0.2) is 0 Å². The van der Waals surface area contributed by atoms with E-state index in [1.807, 2.05) is 6.92 Å². The Balaban J connectivity index is 2.32. The van der Waals surface area contributed by atoms with Gasteiger partial charge in [-0.05, 0) is 47.1 Å². The van der Waals surface area contributed by atoms with E-state index in [2.05, 4.69) is 59.2 Å². The van der Waals surface area contributed by atoms with E-state index in [0.717, 1.165) is 31.2 Å². The molecule has 0 aromatic carbocycles. The number of nitrogens with one attached hydrogen (secondary N) is 2.